The molecular weight excluding hydrogens is 314 g/mol. The van der Waals surface area contributed by atoms with E-state index in [-0.39, 0.29) is 4.90 Å². The van der Waals surface area contributed by atoms with Crippen LogP contribution in [0.2, 0.25) is 0 Å². The first-order valence-corrected chi connectivity index (χ1v) is 8.31. The number of hydrogen-bond acceptors (Lipinski definition) is 5. The Morgan fingerprint density at radius 3 is 2.39 bits per heavy atom. The fourth-order valence-corrected chi connectivity index (χ4v) is 2.54. The van der Waals surface area contributed by atoms with Gasteiger partial charge in [0.05, 0.1) is 29.3 Å². The molecule has 0 saturated carbocycles. The Morgan fingerprint density at radius 2 is 1.83 bits per heavy atom. The Hall–Kier alpha value is -2.85. The van der Waals surface area contributed by atoms with Crippen LogP contribution in [-0.2, 0) is 10.0 Å². The quantitative estimate of drug-likeness (QED) is 0.650. The molecule has 0 aliphatic rings. The van der Waals surface area contributed by atoms with E-state index in [0.29, 0.717) is 23.5 Å². The fraction of sp³-hybridized carbons (Fsp3) is 0.125. The highest BCUT2D eigenvalue weighted by atomic mass is 32.2. The van der Waals surface area contributed by atoms with Crippen LogP contribution in [-0.4, -0.2) is 21.2 Å². The molecule has 0 bridgehead atoms. The van der Waals surface area contributed by atoms with E-state index in [0.717, 1.165) is 0 Å². The number of nitriles is 1. The Morgan fingerprint density at radius 1 is 1.17 bits per heavy atom. The van der Waals surface area contributed by atoms with Crippen molar-refractivity contribution in [1.29, 1.82) is 5.26 Å². The highest BCUT2D eigenvalue weighted by Gasteiger charge is 2.12. The molecule has 7 heteroatoms. The number of nitrogens with zero attached hydrogens (tertiary/aromatic N) is 2. The SMILES string of the molecule is CCOc1ccc(S(=O)(=O)NN=Cc2ccc(C#N)cc2)cc1. The molecule has 2 rings (SSSR count). The molecule has 0 heterocycles. The lowest BCUT2D eigenvalue weighted by molar-refractivity contribution is 0.340. The third-order valence-electron chi connectivity index (χ3n) is 2.87. The maximum atomic E-state index is 12.1. The Kier molecular flexibility index (Phi) is 5.33. The Labute approximate surface area is 135 Å². The predicted molar refractivity (Wildman–Crippen MR) is 86.7 cm³/mol. The molecule has 0 spiro atoms. The van der Waals surface area contributed by atoms with Gasteiger partial charge in [-0.2, -0.15) is 18.8 Å². The van der Waals surface area contributed by atoms with Crippen LogP contribution in [0.4, 0.5) is 0 Å². The lowest BCUT2D eigenvalue weighted by atomic mass is 10.2. The van der Waals surface area contributed by atoms with Crippen molar-refractivity contribution in [2.24, 2.45) is 5.10 Å². The van der Waals surface area contributed by atoms with E-state index in [1.54, 1.807) is 36.4 Å². The molecule has 0 unspecified atom stereocenters. The smallest absolute Gasteiger partial charge is 0.276 e. The van der Waals surface area contributed by atoms with E-state index in [9.17, 15) is 8.42 Å². The number of sulfonamides is 1. The summed E-state index contributed by atoms with van der Waals surface area (Å²) < 4.78 is 29.4. The van der Waals surface area contributed by atoms with Crippen LogP contribution in [0.15, 0.2) is 58.5 Å². The third-order valence-corrected chi connectivity index (χ3v) is 4.11. The molecule has 0 radical (unpaired) electrons. The minimum Gasteiger partial charge on any atom is -0.494 e. The molecule has 0 saturated heterocycles. The molecule has 2 aromatic carbocycles. The molecule has 0 amide bonds. The largest absolute Gasteiger partial charge is 0.494 e. The summed E-state index contributed by atoms with van der Waals surface area (Å²) >= 11 is 0. The van der Waals surface area contributed by atoms with Crippen molar-refractivity contribution in [1.82, 2.24) is 4.83 Å². The van der Waals surface area contributed by atoms with Gasteiger partial charge in [-0.15, -0.1) is 0 Å². The molecule has 0 aliphatic carbocycles. The van der Waals surface area contributed by atoms with E-state index in [4.69, 9.17) is 10.00 Å². The van der Waals surface area contributed by atoms with Crippen LogP contribution in [0.1, 0.15) is 18.1 Å². The van der Waals surface area contributed by atoms with Crippen molar-refractivity contribution in [3.63, 3.8) is 0 Å². The number of rotatable bonds is 6. The van der Waals surface area contributed by atoms with E-state index in [1.165, 1.54) is 18.3 Å². The second-order valence-electron chi connectivity index (χ2n) is 4.49. The van der Waals surface area contributed by atoms with E-state index >= 15 is 0 Å². The van der Waals surface area contributed by atoms with Gasteiger partial charge in [0.25, 0.3) is 10.0 Å². The number of hydrazone groups is 1. The summed E-state index contributed by atoms with van der Waals surface area (Å²) in [6, 6.07) is 14.7. The van der Waals surface area contributed by atoms with Gasteiger partial charge in [-0.25, -0.2) is 4.83 Å². The van der Waals surface area contributed by atoms with Gasteiger partial charge in [-0.1, -0.05) is 12.1 Å². The normalized spacial score (nSPS) is 11.1. The lowest BCUT2D eigenvalue weighted by Gasteiger charge is -2.05. The summed E-state index contributed by atoms with van der Waals surface area (Å²) in [5.74, 6) is 0.604. The van der Waals surface area contributed by atoms with Crippen LogP contribution in [0.3, 0.4) is 0 Å². The van der Waals surface area contributed by atoms with E-state index in [1.807, 2.05) is 13.0 Å². The molecule has 0 aromatic heterocycles. The van der Waals surface area contributed by atoms with Gasteiger partial charge in [0.2, 0.25) is 0 Å². The van der Waals surface area contributed by atoms with Crippen LogP contribution < -0.4 is 9.57 Å². The van der Waals surface area contributed by atoms with Crippen LogP contribution >= 0.6 is 0 Å². The maximum Gasteiger partial charge on any atom is 0.276 e. The summed E-state index contributed by atoms with van der Waals surface area (Å²) in [5, 5.41) is 12.4. The summed E-state index contributed by atoms with van der Waals surface area (Å²) in [4.78, 5) is 2.23. The molecule has 1 N–H and O–H groups in total. The van der Waals surface area contributed by atoms with Crippen molar-refractivity contribution in [3.05, 3.63) is 59.7 Å². The summed E-state index contributed by atoms with van der Waals surface area (Å²) in [6.07, 6.45) is 1.37. The van der Waals surface area contributed by atoms with E-state index < -0.39 is 10.0 Å². The monoisotopic (exact) mass is 329 g/mol. The van der Waals surface area contributed by atoms with Crippen LogP contribution in [0.25, 0.3) is 0 Å². The third kappa shape index (κ3) is 4.56. The molecule has 23 heavy (non-hydrogen) atoms. The maximum absolute atomic E-state index is 12.1. The molecular formula is C16H15N3O3S. The number of benzene rings is 2. The van der Waals surface area contributed by atoms with Gasteiger partial charge < -0.3 is 4.74 Å². The molecule has 2 aromatic rings. The van der Waals surface area contributed by atoms with Crippen LogP contribution in [0.5, 0.6) is 5.75 Å². The summed E-state index contributed by atoms with van der Waals surface area (Å²) in [5.41, 5.74) is 1.20. The van der Waals surface area contributed by atoms with Crippen LogP contribution in [0, 0.1) is 11.3 Å². The van der Waals surface area contributed by atoms with Gasteiger partial charge in [-0.3, -0.25) is 0 Å². The van der Waals surface area contributed by atoms with Crippen molar-refractivity contribution in [2.45, 2.75) is 11.8 Å². The molecule has 0 atom stereocenters. The summed E-state index contributed by atoms with van der Waals surface area (Å²) in [6.45, 7) is 2.36. The first kappa shape index (κ1) is 16.5. The zero-order valence-electron chi connectivity index (χ0n) is 12.4. The predicted octanol–water partition coefficient (Wildman–Crippen LogP) is 2.27. The standard InChI is InChI=1S/C16H15N3O3S/c1-2-22-15-7-9-16(10-8-15)23(20,21)19-18-12-14-5-3-13(11-17)4-6-14/h3-10,12,19H,2H2,1H3. The Bertz CT molecular complexity index is 820. The topological polar surface area (TPSA) is 91.6 Å². The first-order chi connectivity index (χ1) is 11.0. The van der Waals surface area contributed by atoms with Gasteiger partial charge in [-0.05, 0) is 48.9 Å². The average Bonchev–Trinajstić information content (AvgIpc) is 2.56. The second kappa shape index (κ2) is 7.42. The zero-order chi connectivity index (χ0) is 16.7. The van der Waals surface area contributed by atoms with Crippen molar-refractivity contribution in [3.8, 4) is 11.8 Å². The molecule has 118 valence electrons. The van der Waals surface area contributed by atoms with Gasteiger partial charge in [0.15, 0.2) is 0 Å². The number of hydrogen-bond donors (Lipinski definition) is 1. The average molecular weight is 329 g/mol. The second-order valence-corrected chi connectivity index (χ2v) is 6.15. The van der Waals surface area contributed by atoms with Crippen molar-refractivity contribution >= 4 is 16.2 Å². The van der Waals surface area contributed by atoms with Crippen molar-refractivity contribution < 1.29 is 13.2 Å². The number of nitrogens with one attached hydrogen (secondary N) is 1. The lowest BCUT2D eigenvalue weighted by Crippen LogP contribution is -2.18. The molecule has 0 aliphatic heterocycles. The zero-order valence-corrected chi connectivity index (χ0v) is 13.2. The highest BCUT2D eigenvalue weighted by molar-refractivity contribution is 7.89. The van der Waals surface area contributed by atoms with E-state index in [2.05, 4.69) is 9.93 Å². The highest BCUT2D eigenvalue weighted by Crippen LogP contribution is 2.15. The molecule has 0 fully saturated rings. The first-order valence-electron chi connectivity index (χ1n) is 6.83. The van der Waals surface area contributed by atoms with Crippen molar-refractivity contribution in [2.75, 3.05) is 6.61 Å². The minimum atomic E-state index is -3.73. The van der Waals surface area contributed by atoms with Gasteiger partial charge >= 0.3 is 0 Å². The Balaban J connectivity index is 2.05. The fourth-order valence-electron chi connectivity index (χ4n) is 1.75. The van der Waals surface area contributed by atoms with Gasteiger partial charge in [0, 0.05) is 0 Å². The van der Waals surface area contributed by atoms with Gasteiger partial charge in [0.1, 0.15) is 5.75 Å². The number of ether oxygens (including phenoxy) is 1. The summed E-state index contributed by atoms with van der Waals surface area (Å²) in [7, 11) is -3.73. The minimum absolute atomic E-state index is 0.0953. The molecule has 6 nitrogen and oxygen atoms in total.